The molecule has 0 aliphatic carbocycles. The molecule has 1 aliphatic heterocycles. The largest absolute Gasteiger partial charge is 0.456 e. The lowest BCUT2D eigenvalue weighted by atomic mass is 10.1. The normalized spacial score (nSPS) is 30.3. The van der Waals surface area contributed by atoms with Gasteiger partial charge in [-0.15, -0.1) is 0 Å². The second-order valence-corrected chi connectivity index (χ2v) is 4.41. The van der Waals surface area contributed by atoms with E-state index >= 15 is 0 Å². The van der Waals surface area contributed by atoms with Gasteiger partial charge in [-0.05, 0) is 0 Å². The molecule has 0 radical (unpaired) electrons. The van der Waals surface area contributed by atoms with Crippen LogP contribution in [0.5, 0.6) is 0 Å². The van der Waals surface area contributed by atoms with E-state index in [2.05, 4.69) is 0 Å². The highest BCUT2D eigenvalue weighted by atomic mass is 35.5. The number of esters is 3. The van der Waals surface area contributed by atoms with E-state index in [1.54, 1.807) is 0 Å². The average molecular weight is 295 g/mol. The van der Waals surface area contributed by atoms with E-state index in [4.69, 9.17) is 30.5 Å². The standard InChI is InChI=1S/C11H15ClO7/c1-5(13)17-8-4-16-11(12)10(19-7(3)15)9(8)18-6(2)14/h8-11H,4H2,1-3H3/t8-,9-,10+,11-/m0/s1. The highest BCUT2D eigenvalue weighted by molar-refractivity contribution is 6.20. The predicted molar refractivity (Wildman–Crippen MR) is 62.3 cm³/mol. The van der Waals surface area contributed by atoms with Gasteiger partial charge in [0.2, 0.25) is 0 Å². The highest BCUT2D eigenvalue weighted by Gasteiger charge is 2.46. The minimum atomic E-state index is -1.04. The summed E-state index contributed by atoms with van der Waals surface area (Å²) < 4.78 is 20.1. The smallest absolute Gasteiger partial charge is 0.303 e. The first-order valence-corrected chi connectivity index (χ1v) is 6.02. The summed E-state index contributed by atoms with van der Waals surface area (Å²) in [5.74, 6) is -1.79. The molecule has 0 N–H and O–H groups in total. The Morgan fingerprint density at radius 1 is 0.947 bits per heavy atom. The molecule has 0 spiro atoms. The first-order valence-electron chi connectivity index (χ1n) is 5.58. The van der Waals surface area contributed by atoms with Crippen LogP contribution < -0.4 is 0 Å². The summed E-state index contributed by atoms with van der Waals surface area (Å²) >= 11 is 5.88. The minimum Gasteiger partial charge on any atom is -0.456 e. The van der Waals surface area contributed by atoms with Crippen LogP contribution in [0.15, 0.2) is 0 Å². The van der Waals surface area contributed by atoms with Crippen molar-refractivity contribution >= 4 is 29.5 Å². The van der Waals surface area contributed by atoms with Crippen LogP contribution in [0.25, 0.3) is 0 Å². The third kappa shape index (κ3) is 4.68. The van der Waals surface area contributed by atoms with Crippen molar-refractivity contribution in [2.75, 3.05) is 6.61 Å². The van der Waals surface area contributed by atoms with Crippen molar-refractivity contribution in [2.24, 2.45) is 0 Å². The van der Waals surface area contributed by atoms with Crippen molar-refractivity contribution in [3.63, 3.8) is 0 Å². The second kappa shape index (κ2) is 6.72. The van der Waals surface area contributed by atoms with Gasteiger partial charge >= 0.3 is 17.9 Å². The van der Waals surface area contributed by atoms with Crippen molar-refractivity contribution in [2.45, 2.75) is 44.6 Å². The molecule has 1 fully saturated rings. The Balaban J connectivity index is 2.89. The fraction of sp³-hybridized carbons (Fsp3) is 0.727. The van der Waals surface area contributed by atoms with Crippen LogP contribution in [0.2, 0.25) is 0 Å². The Labute approximate surface area is 115 Å². The van der Waals surface area contributed by atoms with E-state index in [-0.39, 0.29) is 6.61 Å². The van der Waals surface area contributed by atoms with Crippen molar-refractivity contribution in [3.05, 3.63) is 0 Å². The summed E-state index contributed by atoms with van der Waals surface area (Å²) in [7, 11) is 0. The first kappa shape index (κ1) is 15.7. The number of rotatable bonds is 3. The molecule has 7 nitrogen and oxygen atoms in total. The quantitative estimate of drug-likeness (QED) is 0.422. The zero-order valence-corrected chi connectivity index (χ0v) is 11.5. The molecule has 0 saturated carbocycles. The first-order chi connectivity index (χ1) is 8.81. The third-order valence-electron chi connectivity index (χ3n) is 2.29. The van der Waals surface area contributed by atoms with E-state index in [0.717, 1.165) is 0 Å². The number of carbonyl (C=O) groups is 3. The molecule has 0 amide bonds. The molecule has 4 atom stereocenters. The lowest BCUT2D eigenvalue weighted by molar-refractivity contribution is -0.214. The summed E-state index contributed by atoms with van der Waals surface area (Å²) in [6.07, 6.45) is -2.91. The molecule has 0 aromatic carbocycles. The zero-order chi connectivity index (χ0) is 14.6. The summed E-state index contributed by atoms with van der Waals surface area (Å²) in [4.78, 5) is 33.1. The van der Waals surface area contributed by atoms with Crippen LogP contribution in [0.4, 0.5) is 0 Å². The molecule has 1 heterocycles. The Morgan fingerprint density at radius 3 is 1.89 bits per heavy atom. The zero-order valence-electron chi connectivity index (χ0n) is 10.8. The minimum absolute atomic E-state index is 0.0521. The summed E-state index contributed by atoms with van der Waals surface area (Å²) in [5, 5.41) is 0. The lowest BCUT2D eigenvalue weighted by Gasteiger charge is -2.38. The average Bonchev–Trinajstić information content (AvgIpc) is 2.25. The molecule has 0 aromatic heterocycles. The summed E-state index contributed by atoms with van der Waals surface area (Å²) in [5.41, 5.74) is -0.986. The molecule has 0 bridgehead atoms. The van der Waals surface area contributed by atoms with Crippen molar-refractivity contribution in [1.29, 1.82) is 0 Å². The summed E-state index contributed by atoms with van der Waals surface area (Å²) in [6.45, 7) is 3.53. The van der Waals surface area contributed by atoms with Crippen molar-refractivity contribution < 1.29 is 33.3 Å². The van der Waals surface area contributed by atoms with E-state index in [9.17, 15) is 14.4 Å². The highest BCUT2D eigenvalue weighted by Crippen LogP contribution is 2.26. The number of hydrogen-bond acceptors (Lipinski definition) is 7. The fourth-order valence-electron chi connectivity index (χ4n) is 1.70. The van der Waals surface area contributed by atoms with Gasteiger partial charge in [0.1, 0.15) is 0 Å². The monoisotopic (exact) mass is 294 g/mol. The maximum atomic E-state index is 11.1. The Kier molecular flexibility index (Phi) is 5.56. The van der Waals surface area contributed by atoms with Crippen LogP contribution in [-0.4, -0.2) is 48.4 Å². The van der Waals surface area contributed by atoms with Gasteiger partial charge in [0.05, 0.1) is 6.61 Å². The van der Waals surface area contributed by atoms with Gasteiger partial charge in [-0.1, -0.05) is 11.6 Å². The van der Waals surface area contributed by atoms with Gasteiger partial charge in [-0.25, -0.2) is 0 Å². The van der Waals surface area contributed by atoms with E-state index in [1.807, 2.05) is 0 Å². The number of carbonyl (C=O) groups excluding carboxylic acids is 3. The molecule has 0 aromatic rings. The van der Waals surface area contributed by atoms with Crippen LogP contribution in [0, 0.1) is 0 Å². The second-order valence-electron chi connectivity index (χ2n) is 3.98. The third-order valence-corrected chi connectivity index (χ3v) is 2.66. The van der Waals surface area contributed by atoms with Gasteiger partial charge < -0.3 is 18.9 Å². The van der Waals surface area contributed by atoms with Crippen LogP contribution in [-0.2, 0) is 33.3 Å². The SMILES string of the molecule is CC(=O)O[C@@H]1[C@@H](OC(C)=O)[C@@H](Cl)OC[C@@H]1OC(C)=O. The maximum Gasteiger partial charge on any atom is 0.303 e. The maximum absolute atomic E-state index is 11.1. The lowest BCUT2D eigenvalue weighted by Crippen LogP contribution is -2.55. The molecule has 108 valence electrons. The molecule has 1 saturated heterocycles. The van der Waals surface area contributed by atoms with Crippen molar-refractivity contribution in [3.8, 4) is 0 Å². The van der Waals surface area contributed by atoms with Gasteiger partial charge in [0.25, 0.3) is 0 Å². The van der Waals surface area contributed by atoms with Crippen molar-refractivity contribution in [1.82, 2.24) is 0 Å². The topological polar surface area (TPSA) is 88.1 Å². The fourth-order valence-corrected chi connectivity index (χ4v) is 1.97. The van der Waals surface area contributed by atoms with E-state index in [1.165, 1.54) is 20.8 Å². The van der Waals surface area contributed by atoms with Crippen LogP contribution in [0.3, 0.4) is 0 Å². The van der Waals surface area contributed by atoms with Gasteiger partial charge in [-0.3, -0.25) is 14.4 Å². The van der Waals surface area contributed by atoms with Crippen LogP contribution >= 0.6 is 11.6 Å². The summed E-state index contributed by atoms with van der Waals surface area (Å²) in [6, 6.07) is 0. The van der Waals surface area contributed by atoms with Gasteiger partial charge in [-0.2, -0.15) is 0 Å². The molecule has 1 aliphatic rings. The number of alkyl halides is 1. The molecular formula is C11H15ClO7. The van der Waals surface area contributed by atoms with Gasteiger partial charge in [0.15, 0.2) is 23.9 Å². The molecular weight excluding hydrogens is 280 g/mol. The van der Waals surface area contributed by atoms with E-state index < -0.39 is 41.8 Å². The number of hydrogen-bond donors (Lipinski definition) is 0. The predicted octanol–water partition coefficient (Wildman–Crippen LogP) is 0.377. The molecule has 8 heteroatoms. The van der Waals surface area contributed by atoms with Gasteiger partial charge in [0, 0.05) is 20.8 Å². The number of ether oxygens (including phenoxy) is 4. The number of halogens is 1. The Morgan fingerprint density at radius 2 is 1.42 bits per heavy atom. The molecule has 0 unspecified atom stereocenters. The Bertz CT molecular complexity index is 370. The van der Waals surface area contributed by atoms with E-state index in [0.29, 0.717) is 0 Å². The molecule has 19 heavy (non-hydrogen) atoms. The molecule has 1 rings (SSSR count). The van der Waals surface area contributed by atoms with Crippen LogP contribution in [0.1, 0.15) is 20.8 Å². The Hall–Kier alpha value is -1.34.